The van der Waals surface area contributed by atoms with Crippen molar-refractivity contribution in [2.75, 3.05) is 6.54 Å². The zero-order valence-electron chi connectivity index (χ0n) is 14.7. The molecule has 2 rings (SSSR count). The first-order valence-corrected chi connectivity index (χ1v) is 9.11. The summed E-state index contributed by atoms with van der Waals surface area (Å²) in [7, 11) is 0. The number of rotatable bonds is 10. The molecule has 140 valence electrons. The number of carbonyl (C=O) groups excluding carboxylic acids is 1. The maximum Gasteiger partial charge on any atom is 0.303 e. The van der Waals surface area contributed by atoms with Gasteiger partial charge in [-0.25, -0.2) is 4.68 Å². The van der Waals surface area contributed by atoms with E-state index in [4.69, 9.17) is 16.7 Å². The predicted octanol–water partition coefficient (Wildman–Crippen LogP) is 3.25. The lowest BCUT2D eigenvalue weighted by Gasteiger charge is -2.08. The summed E-state index contributed by atoms with van der Waals surface area (Å²) in [4.78, 5) is 22.9. The molecule has 7 nitrogen and oxygen atoms in total. The fraction of sp³-hybridized carbons (Fsp3) is 0.444. The van der Waals surface area contributed by atoms with Crippen LogP contribution in [0.15, 0.2) is 24.3 Å². The molecule has 2 N–H and O–H groups in total. The lowest BCUT2D eigenvalue weighted by molar-refractivity contribution is -0.137. The summed E-state index contributed by atoms with van der Waals surface area (Å²) >= 11 is 6.05. The zero-order valence-corrected chi connectivity index (χ0v) is 15.5. The van der Waals surface area contributed by atoms with Crippen LogP contribution >= 0.6 is 11.6 Å². The van der Waals surface area contributed by atoms with Gasteiger partial charge in [-0.1, -0.05) is 42.6 Å². The third kappa shape index (κ3) is 5.56. The first kappa shape index (κ1) is 19.9. The van der Waals surface area contributed by atoms with Gasteiger partial charge in [0.25, 0.3) is 5.91 Å². The van der Waals surface area contributed by atoms with E-state index in [-0.39, 0.29) is 12.3 Å². The van der Waals surface area contributed by atoms with Crippen molar-refractivity contribution in [3.63, 3.8) is 0 Å². The van der Waals surface area contributed by atoms with Gasteiger partial charge in [0.05, 0.1) is 11.4 Å². The second-order valence-corrected chi connectivity index (χ2v) is 6.42. The molecule has 0 spiro atoms. The highest BCUT2D eigenvalue weighted by Gasteiger charge is 2.19. The van der Waals surface area contributed by atoms with Gasteiger partial charge >= 0.3 is 5.97 Å². The van der Waals surface area contributed by atoms with Crippen LogP contribution in [0.3, 0.4) is 0 Å². The lowest BCUT2D eigenvalue weighted by atomic mass is 10.1. The fourth-order valence-corrected chi connectivity index (χ4v) is 2.80. The van der Waals surface area contributed by atoms with E-state index in [1.165, 1.54) is 0 Å². The zero-order chi connectivity index (χ0) is 18.9. The molecular formula is C18H23ClN4O3. The van der Waals surface area contributed by atoms with Gasteiger partial charge in [-0.05, 0) is 37.5 Å². The van der Waals surface area contributed by atoms with E-state index in [1.807, 2.05) is 19.1 Å². The Morgan fingerprint density at radius 3 is 2.77 bits per heavy atom. The molecule has 0 aliphatic rings. The van der Waals surface area contributed by atoms with Crippen LogP contribution in [-0.2, 0) is 11.2 Å². The number of aromatic nitrogens is 3. The largest absolute Gasteiger partial charge is 0.481 e. The normalized spacial score (nSPS) is 10.7. The van der Waals surface area contributed by atoms with Crippen molar-refractivity contribution in [1.29, 1.82) is 0 Å². The average molecular weight is 379 g/mol. The van der Waals surface area contributed by atoms with Gasteiger partial charge < -0.3 is 10.4 Å². The molecular weight excluding hydrogens is 356 g/mol. The number of carboxylic acids is 1. The maximum atomic E-state index is 12.4. The van der Waals surface area contributed by atoms with Crippen molar-refractivity contribution >= 4 is 23.5 Å². The minimum atomic E-state index is -0.795. The molecule has 0 bridgehead atoms. The highest BCUT2D eigenvalue weighted by Crippen LogP contribution is 2.18. The minimum Gasteiger partial charge on any atom is -0.481 e. The monoisotopic (exact) mass is 378 g/mol. The van der Waals surface area contributed by atoms with Crippen molar-refractivity contribution in [3.05, 3.63) is 40.7 Å². The number of unbranched alkanes of at least 4 members (excludes halogenated alkanes) is 2. The van der Waals surface area contributed by atoms with Gasteiger partial charge in [-0.2, -0.15) is 0 Å². The van der Waals surface area contributed by atoms with Crippen molar-refractivity contribution < 1.29 is 14.7 Å². The van der Waals surface area contributed by atoms with Crippen molar-refractivity contribution in [2.24, 2.45) is 0 Å². The molecule has 1 aromatic heterocycles. The van der Waals surface area contributed by atoms with Gasteiger partial charge in [0, 0.05) is 18.0 Å². The molecule has 0 atom stereocenters. The Bertz CT molecular complexity index is 761. The highest BCUT2D eigenvalue weighted by atomic mass is 35.5. The number of carboxylic acid groups (broad SMARTS) is 1. The topological polar surface area (TPSA) is 97.1 Å². The van der Waals surface area contributed by atoms with E-state index in [9.17, 15) is 9.59 Å². The Kier molecular flexibility index (Phi) is 7.59. The molecule has 2 aromatic rings. The molecule has 0 saturated heterocycles. The SMILES string of the molecule is CCCc1c(C(=O)NCCCCCC(=O)O)nnn1-c1cccc(Cl)c1. The Labute approximate surface area is 157 Å². The molecule has 1 heterocycles. The van der Waals surface area contributed by atoms with Crippen LogP contribution in [-0.4, -0.2) is 38.5 Å². The molecule has 0 aliphatic heterocycles. The summed E-state index contributed by atoms with van der Waals surface area (Å²) in [5.41, 5.74) is 1.83. The number of halogens is 1. The number of amides is 1. The summed E-state index contributed by atoms with van der Waals surface area (Å²) in [6.07, 6.45) is 3.76. The first-order chi connectivity index (χ1) is 12.5. The number of carbonyl (C=O) groups is 2. The van der Waals surface area contributed by atoms with E-state index in [0.29, 0.717) is 30.1 Å². The molecule has 1 aromatic carbocycles. The molecule has 0 saturated carbocycles. The number of hydrogen-bond donors (Lipinski definition) is 2. The summed E-state index contributed by atoms with van der Waals surface area (Å²) in [5, 5.41) is 20.2. The van der Waals surface area contributed by atoms with Gasteiger partial charge in [0.1, 0.15) is 0 Å². The second kappa shape index (κ2) is 9.91. The molecule has 0 aliphatic carbocycles. The number of benzene rings is 1. The number of nitrogens with one attached hydrogen (secondary N) is 1. The summed E-state index contributed by atoms with van der Waals surface area (Å²) in [6.45, 7) is 2.51. The fourth-order valence-electron chi connectivity index (χ4n) is 2.62. The van der Waals surface area contributed by atoms with Crippen LogP contribution in [0.5, 0.6) is 0 Å². The molecule has 26 heavy (non-hydrogen) atoms. The van der Waals surface area contributed by atoms with E-state index in [0.717, 1.165) is 30.6 Å². The number of nitrogens with zero attached hydrogens (tertiary/aromatic N) is 3. The quantitative estimate of drug-likeness (QED) is 0.618. The van der Waals surface area contributed by atoms with E-state index in [2.05, 4.69) is 15.6 Å². The Morgan fingerprint density at radius 2 is 2.08 bits per heavy atom. The smallest absolute Gasteiger partial charge is 0.303 e. The summed E-state index contributed by atoms with van der Waals surface area (Å²) in [6, 6.07) is 7.24. The predicted molar refractivity (Wildman–Crippen MR) is 98.8 cm³/mol. The van der Waals surface area contributed by atoms with Crippen molar-refractivity contribution in [1.82, 2.24) is 20.3 Å². The molecule has 0 radical (unpaired) electrons. The summed E-state index contributed by atoms with van der Waals surface area (Å²) in [5.74, 6) is -1.06. The van der Waals surface area contributed by atoms with Crippen LogP contribution in [0, 0.1) is 0 Å². The van der Waals surface area contributed by atoms with Crippen LogP contribution < -0.4 is 5.32 Å². The second-order valence-electron chi connectivity index (χ2n) is 5.99. The average Bonchev–Trinajstić information content (AvgIpc) is 3.01. The van der Waals surface area contributed by atoms with Crippen LogP contribution in [0.2, 0.25) is 5.02 Å². The van der Waals surface area contributed by atoms with Gasteiger partial charge in [-0.3, -0.25) is 9.59 Å². The maximum absolute atomic E-state index is 12.4. The van der Waals surface area contributed by atoms with E-state index < -0.39 is 5.97 Å². The van der Waals surface area contributed by atoms with Crippen LogP contribution in [0.4, 0.5) is 0 Å². The molecule has 1 amide bonds. The third-order valence-electron chi connectivity index (χ3n) is 3.87. The Balaban J connectivity index is 2.02. The molecule has 0 unspecified atom stereocenters. The Hall–Kier alpha value is -2.41. The molecule has 8 heteroatoms. The van der Waals surface area contributed by atoms with Crippen LogP contribution in [0.25, 0.3) is 5.69 Å². The number of aliphatic carboxylic acids is 1. The van der Waals surface area contributed by atoms with E-state index in [1.54, 1.807) is 16.8 Å². The van der Waals surface area contributed by atoms with E-state index >= 15 is 0 Å². The minimum absolute atomic E-state index is 0.155. The Morgan fingerprint density at radius 1 is 1.27 bits per heavy atom. The summed E-state index contributed by atoms with van der Waals surface area (Å²) < 4.78 is 1.65. The first-order valence-electron chi connectivity index (χ1n) is 8.73. The lowest BCUT2D eigenvalue weighted by Crippen LogP contribution is -2.26. The van der Waals surface area contributed by atoms with Gasteiger partial charge in [0.2, 0.25) is 0 Å². The van der Waals surface area contributed by atoms with Crippen molar-refractivity contribution in [3.8, 4) is 5.69 Å². The third-order valence-corrected chi connectivity index (χ3v) is 4.11. The molecule has 0 fully saturated rings. The standard InChI is InChI=1S/C18H23ClN4O3/c1-2-7-15-17(18(26)20-11-5-3-4-10-16(24)25)21-22-23(15)14-9-6-8-13(19)12-14/h6,8-9,12H,2-5,7,10-11H2,1H3,(H,20,26)(H,24,25). The van der Waals surface area contributed by atoms with Crippen LogP contribution in [0.1, 0.15) is 55.2 Å². The van der Waals surface area contributed by atoms with Gasteiger partial charge in [-0.15, -0.1) is 5.10 Å². The van der Waals surface area contributed by atoms with Gasteiger partial charge in [0.15, 0.2) is 5.69 Å². The van der Waals surface area contributed by atoms with Crippen molar-refractivity contribution in [2.45, 2.75) is 45.4 Å². The highest BCUT2D eigenvalue weighted by molar-refractivity contribution is 6.30. The number of hydrogen-bond acceptors (Lipinski definition) is 4.